The van der Waals surface area contributed by atoms with E-state index in [2.05, 4.69) is 10.1 Å². The fourth-order valence-corrected chi connectivity index (χ4v) is 1.84. The van der Waals surface area contributed by atoms with E-state index in [1.165, 1.54) is 13.8 Å². The zero-order chi connectivity index (χ0) is 13.7. The van der Waals surface area contributed by atoms with Gasteiger partial charge in [-0.3, -0.25) is 14.4 Å². The molecular formula is C11H17NO6. The Labute approximate surface area is 104 Å². The predicted molar refractivity (Wildman–Crippen MR) is 59.3 cm³/mol. The van der Waals surface area contributed by atoms with E-state index in [1.807, 2.05) is 0 Å². The molecule has 1 fully saturated rings. The Kier molecular flexibility index (Phi) is 5.08. The molecule has 0 saturated carbocycles. The third kappa shape index (κ3) is 4.33. The van der Waals surface area contributed by atoms with Crippen molar-refractivity contribution < 1.29 is 29.0 Å². The molecule has 102 valence electrons. The Morgan fingerprint density at radius 2 is 2.11 bits per heavy atom. The van der Waals surface area contributed by atoms with Gasteiger partial charge in [0.05, 0.1) is 0 Å². The summed E-state index contributed by atoms with van der Waals surface area (Å²) in [5, 5.41) is 12.5. The van der Waals surface area contributed by atoms with Gasteiger partial charge in [0.2, 0.25) is 5.91 Å². The molecule has 18 heavy (non-hydrogen) atoms. The first-order valence-corrected chi connectivity index (χ1v) is 5.65. The van der Waals surface area contributed by atoms with E-state index in [1.54, 1.807) is 0 Å². The lowest BCUT2D eigenvalue weighted by atomic mass is 9.97. The Bertz CT molecular complexity index is 342. The average molecular weight is 259 g/mol. The minimum absolute atomic E-state index is 0.156. The molecule has 7 nitrogen and oxygen atoms in total. The number of aliphatic hydroxyl groups is 1. The molecule has 7 heteroatoms. The molecule has 1 saturated heterocycles. The van der Waals surface area contributed by atoms with Crippen LogP contribution in [0, 0.1) is 5.92 Å². The van der Waals surface area contributed by atoms with Crippen LogP contribution in [0.25, 0.3) is 0 Å². The van der Waals surface area contributed by atoms with Crippen LogP contribution >= 0.6 is 0 Å². The topological polar surface area (TPSA) is 102 Å². The van der Waals surface area contributed by atoms with Gasteiger partial charge in [-0.1, -0.05) is 0 Å². The standard InChI is InChI=1S/C11H17NO6/c1-6(13)17-5-9(15)11(18-7(2)14)8-3-10(16)12-4-8/h8-9,11,15H,3-5H2,1-2H3,(H,12,16)/t8-,9+,11+/m0/s1. The third-order valence-corrected chi connectivity index (χ3v) is 2.61. The summed E-state index contributed by atoms with van der Waals surface area (Å²) in [7, 11) is 0. The van der Waals surface area contributed by atoms with E-state index < -0.39 is 24.1 Å². The normalized spacial score (nSPS) is 21.9. The van der Waals surface area contributed by atoms with Gasteiger partial charge in [-0.05, 0) is 0 Å². The van der Waals surface area contributed by atoms with E-state index in [9.17, 15) is 19.5 Å². The maximum Gasteiger partial charge on any atom is 0.303 e. The molecule has 3 atom stereocenters. The number of ether oxygens (including phenoxy) is 2. The molecule has 0 aromatic rings. The third-order valence-electron chi connectivity index (χ3n) is 2.61. The van der Waals surface area contributed by atoms with E-state index in [0.717, 1.165) is 0 Å². The van der Waals surface area contributed by atoms with Gasteiger partial charge >= 0.3 is 11.9 Å². The lowest BCUT2D eigenvalue weighted by Gasteiger charge is -2.26. The van der Waals surface area contributed by atoms with Crippen molar-refractivity contribution in [1.82, 2.24) is 5.32 Å². The number of aliphatic hydroxyl groups excluding tert-OH is 1. The quantitative estimate of drug-likeness (QED) is 0.613. The lowest BCUT2D eigenvalue weighted by Crippen LogP contribution is -2.41. The number of amides is 1. The van der Waals surface area contributed by atoms with Crippen LogP contribution in [0.4, 0.5) is 0 Å². The van der Waals surface area contributed by atoms with Crippen molar-refractivity contribution in [3.63, 3.8) is 0 Å². The number of carbonyl (C=O) groups excluding carboxylic acids is 3. The van der Waals surface area contributed by atoms with Crippen LogP contribution in [0.15, 0.2) is 0 Å². The minimum Gasteiger partial charge on any atom is -0.463 e. The first kappa shape index (κ1) is 14.4. The predicted octanol–water partition coefficient (Wildman–Crippen LogP) is -1.02. The molecule has 0 aliphatic carbocycles. The van der Waals surface area contributed by atoms with Crippen LogP contribution in [0.2, 0.25) is 0 Å². The molecular weight excluding hydrogens is 242 g/mol. The van der Waals surface area contributed by atoms with Gasteiger partial charge < -0.3 is 19.9 Å². The van der Waals surface area contributed by atoms with E-state index in [-0.39, 0.29) is 24.9 Å². The van der Waals surface area contributed by atoms with Gasteiger partial charge in [0.1, 0.15) is 18.8 Å². The van der Waals surface area contributed by atoms with E-state index >= 15 is 0 Å². The highest BCUT2D eigenvalue weighted by Crippen LogP contribution is 2.20. The summed E-state index contributed by atoms with van der Waals surface area (Å²) < 4.78 is 9.67. The number of hydrogen-bond acceptors (Lipinski definition) is 6. The monoisotopic (exact) mass is 259 g/mol. The molecule has 1 heterocycles. The van der Waals surface area contributed by atoms with Crippen LogP contribution in [0.1, 0.15) is 20.3 Å². The smallest absolute Gasteiger partial charge is 0.303 e. The Balaban J connectivity index is 2.61. The van der Waals surface area contributed by atoms with Gasteiger partial charge in [-0.15, -0.1) is 0 Å². The fourth-order valence-electron chi connectivity index (χ4n) is 1.84. The molecule has 0 bridgehead atoms. The zero-order valence-corrected chi connectivity index (χ0v) is 10.3. The molecule has 1 amide bonds. The first-order valence-electron chi connectivity index (χ1n) is 5.65. The van der Waals surface area contributed by atoms with E-state index in [4.69, 9.17) is 4.74 Å². The second-order valence-electron chi connectivity index (χ2n) is 4.21. The summed E-state index contributed by atoms with van der Waals surface area (Å²) >= 11 is 0. The average Bonchev–Trinajstić information content (AvgIpc) is 2.69. The van der Waals surface area contributed by atoms with Crippen molar-refractivity contribution in [1.29, 1.82) is 0 Å². The van der Waals surface area contributed by atoms with Gasteiger partial charge in [0.25, 0.3) is 0 Å². The SMILES string of the molecule is CC(=O)OC[C@@H](O)[C@H](OC(C)=O)[C@@H]1CNC(=O)C1. The molecule has 0 aromatic heterocycles. The second kappa shape index (κ2) is 6.34. The molecule has 2 N–H and O–H groups in total. The number of rotatable bonds is 5. The molecule has 0 aromatic carbocycles. The second-order valence-corrected chi connectivity index (χ2v) is 4.21. The molecule has 0 spiro atoms. The van der Waals surface area contributed by atoms with Gasteiger partial charge in [0, 0.05) is 32.7 Å². The van der Waals surface area contributed by atoms with Gasteiger partial charge in [-0.25, -0.2) is 0 Å². The summed E-state index contributed by atoms with van der Waals surface area (Å²) in [6.07, 6.45) is -1.83. The maximum atomic E-state index is 11.1. The number of hydrogen-bond donors (Lipinski definition) is 2. The zero-order valence-electron chi connectivity index (χ0n) is 10.3. The first-order chi connectivity index (χ1) is 8.40. The van der Waals surface area contributed by atoms with E-state index in [0.29, 0.717) is 6.54 Å². The van der Waals surface area contributed by atoms with Crippen LogP contribution in [-0.2, 0) is 23.9 Å². The maximum absolute atomic E-state index is 11.1. The highest BCUT2D eigenvalue weighted by atomic mass is 16.6. The van der Waals surface area contributed by atoms with Crippen molar-refractivity contribution in [3.05, 3.63) is 0 Å². The lowest BCUT2D eigenvalue weighted by molar-refractivity contribution is -0.162. The fraction of sp³-hybridized carbons (Fsp3) is 0.727. The van der Waals surface area contributed by atoms with Crippen molar-refractivity contribution >= 4 is 17.8 Å². The largest absolute Gasteiger partial charge is 0.463 e. The molecule has 1 rings (SSSR count). The highest BCUT2D eigenvalue weighted by Gasteiger charge is 2.36. The number of nitrogens with one attached hydrogen (secondary N) is 1. The summed E-state index contributed by atoms with van der Waals surface area (Å²) in [5.41, 5.74) is 0. The Morgan fingerprint density at radius 3 is 2.56 bits per heavy atom. The highest BCUT2D eigenvalue weighted by molar-refractivity contribution is 5.78. The van der Waals surface area contributed by atoms with Crippen molar-refractivity contribution in [3.8, 4) is 0 Å². The summed E-state index contributed by atoms with van der Waals surface area (Å²) in [6, 6.07) is 0. The van der Waals surface area contributed by atoms with Crippen LogP contribution in [0.5, 0.6) is 0 Å². The van der Waals surface area contributed by atoms with Gasteiger partial charge in [0.15, 0.2) is 0 Å². The summed E-state index contributed by atoms with van der Waals surface area (Å²) in [4.78, 5) is 32.8. The Morgan fingerprint density at radius 1 is 1.44 bits per heavy atom. The summed E-state index contributed by atoms with van der Waals surface area (Å²) in [5.74, 6) is -1.55. The van der Waals surface area contributed by atoms with Crippen LogP contribution < -0.4 is 5.32 Å². The molecule has 0 unspecified atom stereocenters. The Hall–Kier alpha value is -1.63. The minimum atomic E-state index is -1.14. The molecule has 1 aliphatic rings. The summed E-state index contributed by atoms with van der Waals surface area (Å²) in [6.45, 7) is 2.50. The van der Waals surface area contributed by atoms with Crippen molar-refractivity contribution in [2.75, 3.05) is 13.2 Å². The van der Waals surface area contributed by atoms with Crippen molar-refractivity contribution in [2.24, 2.45) is 5.92 Å². The molecule has 0 radical (unpaired) electrons. The van der Waals surface area contributed by atoms with Gasteiger partial charge in [-0.2, -0.15) is 0 Å². The molecule has 1 aliphatic heterocycles. The number of esters is 2. The van der Waals surface area contributed by atoms with Crippen LogP contribution in [0.3, 0.4) is 0 Å². The number of carbonyl (C=O) groups is 3. The van der Waals surface area contributed by atoms with Crippen molar-refractivity contribution in [2.45, 2.75) is 32.5 Å². The van der Waals surface area contributed by atoms with Crippen LogP contribution in [-0.4, -0.2) is 48.3 Å².